The zero-order valence-corrected chi connectivity index (χ0v) is 13.4. The summed E-state index contributed by atoms with van der Waals surface area (Å²) in [4.78, 5) is 22.7. The zero-order chi connectivity index (χ0) is 16.2. The molecule has 22 heavy (non-hydrogen) atoms. The van der Waals surface area contributed by atoms with Crippen LogP contribution in [0.3, 0.4) is 0 Å². The van der Waals surface area contributed by atoms with Gasteiger partial charge in [-0.25, -0.2) is 15.0 Å². The van der Waals surface area contributed by atoms with E-state index in [0.29, 0.717) is 6.42 Å². The molecule has 1 aromatic heterocycles. The number of rotatable bonds is 6. The lowest BCUT2D eigenvalue weighted by molar-refractivity contribution is 0.395. The van der Waals surface area contributed by atoms with Crippen LogP contribution in [0.2, 0.25) is 0 Å². The predicted octanol–water partition coefficient (Wildman–Crippen LogP) is 1.96. The maximum absolute atomic E-state index is 12.9. The Kier molecular flexibility index (Phi) is 5.04. The van der Waals surface area contributed by atoms with E-state index < -0.39 is 13.3 Å². The number of nitroso groups, excluding NO2 is 1. The smallest absolute Gasteiger partial charge is 0.360 e. The standard InChI is InChI=1S/C11H18N7O3P/c1-8(2)7-9-14-11(18(3)17-19)21-22(9,20)16-15-10-12-5-4-6-13-10/h4-6,8-9H,7H2,1-3H3,(H,16,20)(H,12,13,15)/t9-,22-/m1/s1. The van der Waals surface area contributed by atoms with Gasteiger partial charge in [0.15, 0.2) is 5.78 Å². The summed E-state index contributed by atoms with van der Waals surface area (Å²) in [5.74, 6) is -0.128. The highest BCUT2D eigenvalue weighted by molar-refractivity contribution is 7.58. The molecule has 0 spiro atoms. The fourth-order valence-electron chi connectivity index (χ4n) is 1.79. The molecule has 0 saturated carbocycles. The van der Waals surface area contributed by atoms with Gasteiger partial charge >= 0.3 is 13.5 Å². The molecule has 2 heterocycles. The summed E-state index contributed by atoms with van der Waals surface area (Å²) in [7, 11) is -2.03. The Bertz CT molecular complexity index is 595. The van der Waals surface area contributed by atoms with Crippen molar-refractivity contribution in [2.24, 2.45) is 16.2 Å². The van der Waals surface area contributed by atoms with Crippen molar-refractivity contribution < 1.29 is 9.09 Å². The van der Waals surface area contributed by atoms with Gasteiger partial charge in [-0.15, -0.1) is 10.1 Å². The summed E-state index contributed by atoms with van der Waals surface area (Å²) in [6.45, 7) is 3.96. The highest BCUT2D eigenvalue weighted by atomic mass is 31.2. The predicted molar refractivity (Wildman–Crippen MR) is 81.7 cm³/mol. The number of nitrogens with one attached hydrogen (secondary N) is 2. The second kappa shape index (κ2) is 6.80. The van der Waals surface area contributed by atoms with Gasteiger partial charge in [0.1, 0.15) is 0 Å². The third kappa shape index (κ3) is 3.77. The van der Waals surface area contributed by atoms with Crippen molar-refractivity contribution >= 4 is 19.5 Å². The van der Waals surface area contributed by atoms with Gasteiger partial charge in [-0.3, -0.25) is 9.99 Å². The van der Waals surface area contributed by atoms with Gasteiger partial charge in [0.25, 0.3) is 0 Å². The number of hydrazine groups is 1. The van der Waals surface area contributed by atoms with E-state index in [1.807, 2.05) is 13.8 Å². The van der Waals surface area contributed by atoms with E-state index in [4.69, 9.17) is 4.52 Å². The second-order valence-corrected chi connectivity index (χ2v) is 7.32. The van der Waals surface area contributed by atoms with Crippen LogP contribution in [-0.2, 0) is 9.09 Å². The van der Waals surface area contributed by atoms with Crippen molar-refractivity contribution in [3.05, 3.63) is 23.4 Å². The average Bonchev–Trinajstić information content (AvgIpc) is 2.82. The Morgan fingerprint density at radius 2 is 2.14 bits per heavy atom. The number of hydrogen-bond acceptors (Lipinski definition) is 8. The van der Waals surface area contributed by atoms with E-state index in [2.05, 4.69) is 30.9 Å². The summed E-state index contributed by atoms with van der Waals surface area (Å²) < 4.78 is 18.3. The molecule has 10 nitrogen and oxygen atoms in total. The van der Waals surface area contributed by atoms with Crippen molar-refractivity contribution in [2.75, 3.05) is 12.5 Å². The first kappa shape index (κ1) is 16.3. The number of aliphatic imine (C=N–C) groups is 1. The number of amidine groups is 1. The molecule has 0 aromatic carbocycles. The minimum atomic E-state index is -3.41. The van der Waals surface area contributed by atoms with Gasteiger partial charge < -0.3 is 4.52 Å². The normalized spacial score (nSPS) is 23.8. The molecule has 0 aliphatic carbocycles. The third-order valence-corrected chi connectivity index (χ3v) is 4.81. The number of anilines is 1. The zero-order valence-electron chi connectivity index (χ0n) is 12.5. The van der Waals surface area contributed by atoms with Crippen LogP contribution in [0.5, 0.6) is 0 Å². The van der Waals surface area contributed by atoms with E-state index in [1.165, 1.54) is 7.05 Å². The first-order chi connectivity index (χ1) is 10.4. The lowest BCUT2D eigenvalue weighted by Crippen LogP contribution is -2.26. The molecule has 1 aromatic rings. The fraction of sp³-hybridized carbons (Fsp3) is 0.545. The number of nitrogens with zero attached hydrogens (tertiary/aromatic N) is 5. The van der Waals surface area contributed by atoms with Crippen LogP contribution >= 0.6 is 7.52 Å². The Hall–Kier alpha value is -2.06. The highest BCUT2D eigenvalue weighted by Gasteiger charge is 2.44. The molecule has 1 aliphatic heterocycles. The fourth-order valence-corrected chi connectivity index (χ4v) is 3.72. The molecule has 2 N–H and O–H groups in total. The van der Waals surface area contributed by atoms with Crippen LogP contribution in [-0.4, -0.2) is 33.8 Å². The summed E-state index contributed by atoms with van der Waals surface area (Å²) in [5, 5.41) is 6.21. The first-order valence-electron chi connectivity index (χ1n) is 6.69. The molecule has 0 amide bonds. The van der Waals surface area contributed by atoms with Crippen molar-refractivity contribution in [2.45, 2.75) is 26.1 Å². The summed E-state index contributed by atoms with van der Waals surface area (Å²) >= 11 is 0. The lowest BCUT2D eigenvalue weighted by Gasteiger charge is -2.20. The average molecular weight is 327 g/mol. The Balaban J connectivity index is 2.12. The largest absolute Gasteiger partial charge is 0.396 e. The first-order valence-corrected chi connectivity index (χ1v) is 8.38. The maximum Gasteiger partial charge on any atom is 0.360 e. The van der Waals surface area contributed by atoms with Gasteiger partial charge in [-0.05, 0) is 18.4 Å². The lowest BCUT2D eigenvalue weighted by atomic mass is 10.1. The van der Waals surface area contributed by atoms with Gasteiger partial charge in [0, 0.05) is 19.4 Å². The van der Waals surface area contributed by atoms with Gasteiger partial charge in [-0.2, -0.15) is 5.01 Å². The van der Waals surface area contributed by atoms with E-state index in [-0.39, 0.29) is 17.9 Å². The van der Waals surface area contributed by atoms with Gasteiger partial charge in [0.05, 0.1) is 5.29 Å². The van der Waals surface area contributed by atoms with E-state index in [0.717, 1.165) is 5.01 Å². The molecule has 2 rings (SSSR count). The molecule has 0 bridgehead atoms. The SMILES string of the molecule is CC(C)C[C@@H]1N=C(N(C)N=O)O[P@@]1(=O)NNc1ncccn1. The molecule has 0 fully saturated rings. The van der Waals surface area contributed by atoms with Crippen molar-refractivity contribution in [3.8, 4) is 0 Å². The van der Waals surface area contributed by atoms with Crippen LogP contribution in [0.1, 0.15) is 20.3 Å². The Labute approximate surface area is 127 Å². The molecular weight excluding hydrogens is 309 g/mol. The topological polar surface area (TPSA) is 121 Å². The monoisotopic (exact) mass is 327 g/mol. The molecular formula is C11H18N7O3P. The Morgan fingerprint density at radius 1 is 1.45 bits per heavy atom. The summed E-state index contributed by atoms with van der Waals surface area (Å²) in [6, 6.07) is 1.58. The summed E-state index contributed by atoms with van der Waals surface area (Å²) in [6.07, 6.45) is 3.61. The quantitative estimate of drug-likeness (QED) is 0.462. The van der Waals surface area contributed by atoms with Crippen LogP contribution in [0.15, 0.2) is 28.7 Å². The third-order valence-electron chi connectivity index (χ3n) is 2.84. The molecule has 11 heteroatoms. The van der Waals surface area contributed by atoms with Crippen molar-refractivity contribution in [3.63, 3.8) is 0 Å². The molecule has 1 aliphatic rings. The van der Waals surface area contributed by atoms with E-state index in [1.54, 1.807) is 18.5 Å². The minimum Gasteiger partial charge on any atom is -0.396 e. The highest BCUT2D eigenvalue weighted by Crippen LogP contribution is 2.54. The van der Waals surface area contributed by atoms with Gasteiger partial charge in [0.2, 0.25) is 5.95 Å². The van der Waals surface area contributed by atoms with Crippen molar-refractivity contribution in [1.29, 1.82) is 0 Å². The van der Waals surface area contributed by atoms with Crippen LogP contribution in [0.4, 0.5) is 5.95 Å². The second-order valence-electron chi connectivity index (χ2n) is 5.12. The van der Waals surface area contributed by atoms with Crippen molar-refractivity contribution in [1.82, 2.24) is 20.2 Å². The van der Waals surface area contributed by atoms with E-state index in [9.17, 15) is 9.47 Å². The van der Waals surface area contributed by atoms with E-state index >= 15 is 0 Å². The molecule has 0 unspecified atom stereocenters. The maximum atomic E-state index is 12.9. The number of hydrogen-bond donors (Lipinski definition) is 2. The summed E-state index contributed by atoms with van der Waals surface area (Å²) in [5.41, 5.74) is 2.65. The molecule has 0 radical (unpaired) electrons. The molecule has 0 saturated heterocycles. The minimum absolute atomic E-state index is 0.0766. The number of aromatic nitrogens is 2. The Morgan fingerprint density at radius 3 is 2.73 bits per heavy atom. The molecule has 120 valence electrons. The molecule has 2 atom stereocenters. The van der Waals surface area contributed by atoms with Crippen LogP contribution < -0.4 is 10.6 Å². The van der Waals surface area contributed by atoms with Crippen LogP contribution in [0, 0.1) is 10.8 Å². The van der Waals surface area contributed by atoms with Crippen LogP contribution in [0.25, 0.3) is 0 Å². The van der Waals surface area contributed by atoms with Gasteiger partial charge in [-0.1, -0.05) is 13.8 Å².